The van der Waals surface area contributed by atoms with E-state index in [0.717, 1.165) is 24.8 Å². The molecule has 1 amide bonds. The number of benzene rings is 1. The summed E-state index contributed by atoms with van der Waals surface area (Å²) >= 11 is 7.55. The first kappa shape index (κ1) is 21.0. The van der Waals surface area contributed by atoms with Gasteiger partial charge in [0.2, 0.25) is 0 Å². The summed E-state index contributed by atoms with van der Waals surface area (Å²) in [5.74, 6) is -0.936. The van der Waals surface area contributed by atoms with Crippen LogP contribution in [0.1, 0.15) is 37.7 Å². The van der Waals surface area contributed by atoms with Gasteiger partial charge in [0.1, 0.15) is 5.78 Å². The maximum Gasteiger partial charge on any atom is 0.309 e. The van der Waals surface area contributed by atoms with Gasteiger partial charge in [-0.3, -0.25) is 14.4 Å². The Labute approximate surface area is 183 Å². The molecule has 2 aromatic rings. The lowest BCUT2D eigenvalue weighted by Gasteiger charge is -2.36. The van der Waals surface area contributed by atoms with E-state index in [1.807, 2.05) is 40.4 Å². The third-order valence-corrected chi connectivity index (χ3v) is 7.06. The van der Waals surface area contributed by atoms with E-state index in [0.29, 0.717) is 35.0 Å². The first-order valence-electron chi connectivity index (χ1n) is 10.2. The summed E-state index contributed by atoms with van der Waals surface area (Å²) in [5, 5.41) is 2.49. The molecule has 2 aliphatic carbocycles. The fourth-order valence-corrected chi connectivity index (χ4v) is 5.32. The summed E-state index contributed by atoms with van der Waals surface area (Å²) in [6.07, 6.45) is 5.69. The van der Waals surface area contributed by atoms with Crippen LogP contribution in [0.2, 0.25) is 5.02 Å². The molecule has 2 fully saturated rings. The standard InChI is InChI=1S/C22H23ClN2O4S/c23-18-7-2-1-4-16(18)12-25-8-9-30-22(25)24-19(26)13-29-21(28)17-10-14-5-3-6-15(11-17)20(14)27/h1-2,4,7-9,14-15,17H,3,5-6,10-13H2. The number of Topliss-reactive ketones (excluding diaryl/α,β-unsaturated/α-hetero) is 1. The Hall–Kier alpha value is -2.25. The maximum atomic E-state index is 12.4. The van der Waals surface area contributed by atoms with Crippen LogP contribution in [-0.4, -0.2) is 28.8 Å². The summed E-state index contributed by atoms with van der Waals surface area (Å²) in [6.45, 7) is 0.108. The monoisotopic (exact) mass is 446 g/mol. The predicted molar refractivity (Wildman–Crippen MR) is 113 cm³/mol. The van der Waals surface area contributed by atoms with Gasteiger partial charge in [-0.15, -0.1) is 11.3 Å². The number of hydrogen-bond acceptors (Lipinski definition) is 5. The van der Waals surface area contributed by atoms with E-state index in [4.69, 9.17) is 16.3 Å². The zero-order chi connectivity index (χ0) is 21.1. The van der Waals surface area contributed by atoms with Crippen molar-refractivity contribution in [2.75, 3.05) is 6.61 Å². The van der Waals surface area contributed by atoms with Crippen molar-refractivity contribution in [1.82, 2.24) is 4.57 Å². The molecule has 0 saturated heterocycles. The summed E-state index contributed by atoms with van der Waals surface area (Å²) in [5.41, 5.74) is 0.926. The molecule has 2 unspecified atom stereocenters. The van der Waals surface area contributed by atoms with Crippen LogP contribution in [-0.2, 0) is 25.7 Å². The maximum absolute atomic E-state index is 12.4. The predicted octanol–water partition coefficient (Wildman–Crippen LogP) is 3.62. The average Bonchev–Trinajstić information content (AvgIpc) is 3.14. The van der Waals surface area contributed by atoms with Gasteiger partial charge in [-0.2, -0.15) is 4.99 Å². The van der Waals surface area contributed by atoms with Crippen LogP contribution in [0.15, 0.2) is 40.8 Å². The summed E-state index contributed by atoms with van der Waals surface area (Å²) in [7, 11) is 0. The molecule has 1 aromatic carbocycles. The number of amides is 1. The van der Waals surface area contributed by atoms with Crippen LogP contribution in [0.4, 0.5) is 0 Å². The van der Waals surface area contributed by atoms with E-state index >= 15 is 0 Å². The van der Waals surface area contributed by atoms with Gasteiger partial charge in [0, 0.05) is 28.4 Å². The molecule has 0 radical (unpaired) electrons. The van der Waals surface area contributed by atoms with Gasteiger partial charge in [-0.25, -0.2) is 0 Å². The molecule has 0 N–H and O–H groups in total. The number of thiazole rings is 1. The summed E-state index contributed by atoms with van der Waals surface area (Å²) in [4.78, 5) is 41.5. The zero-order valence-corrected chi connectivity index (χ0v) is 18.0. The lowest BCUT2D eigenvalue weighted by atomic mass is 9.67. The third-order valence-electron chi connectivity index (χ3n) is 5.90. The van der Waals surface area contributed by atoms with Crippen LogP contribution in [0.25, 0.3) is 0 Å². The molecular formula is C22H23ClN2O4S. The summed E-state index contributed by atoms with van der Waals surface area (Å²) in [6, 6.07) is 7.51. The van der Waals surface area contributed by atoms with Gasteiger partial charge in [0.05, 0.1) is 12.5 Å². The van der Waals surface area contributed by atoms with Crippen molar-refractivity contribution < 1.29 is 19.1 Å². The highest BCUT2D eigenvalue weighted by Gasteiger charge is 2.41. The molecule has 8 heteroatoms. The minimum Gasteiger partial charge on any atom is -0.455 e. The summed E-state index contributed by atoms with van der Waals surface area (Å²) < 4.78 is 7.08. The topological polar surface area (TPSA) is 77.7 Å². The molecule has 2 atom stereocenters. The molecule has 158 valence electrons. The highest BCUT2D eigenvalue weighted by atomic mass is 35.5. The highest BCUT2D eigenvalue weighted by molar-refractivity contribution is 7.07. The first-order valence-corrected chi connectivity index (χ1v) is 11.4. The smallest absolute Gasteiger partial charge is 0.309 e. The third kappa shape index (κ3) is 4.73. The van der Waals surface area contributed by atoms with E-state index in [1.165, 1.54) is 11.3 Å². The molecule has 0 spiro atoms. The van der Waals surface area contributed by atoms with Crippen molar-refractivity contribution in [3.8, 4) is 0 Å². The number of rotatable bonds is 5. The molecule has 0 aliphatic heterocycles. The molecule has 30 heavy (non-hydrogen) atoms. The molecule has 2 bridgehead atoms. The van der Waals surface area contributed by atoms with Crippen LogP contribution in [0.3, 0.4) is 0 Å². The SMILES string of the molecule is O=C(COC(=O)C1CC2CCCC(C1)C2=O)N=c1sccn1Cc1ccccc1Cl. The minimum absolute atomic E-state index is 0.0228. The number of hydrogen-bond donors (Lipinski definition) is 0. The fraction of sp³-hybridized carbons (Fsp3) is 0.455. The van der Waals surface area contributed by atoms with Crippen molar-refractivity contribution in [1.29, 1.82) is 0 Å². The Morgan fingerprint density at radius 3 is 2.67 bits per heavy atom. The number of halogens is 1. The van der Waals surface area contributed by atoms with Crippen LogP contribution in [0.5, 0.6) is 0 Å². The fourth-order valence-electron chi connectivity index (χ4n) is 4.38. The van der Waals surface area contributed by atoms with Gasteiger partial charge in [0.15, 0.2) is 11.4 Å². The molecule has 1 aromatic heterocycles. The van der Waals surface area contributed by atoms with Crippen molar-refractivity contribution in [2.45, 2.75) is 38.6 Å². The number of esters is 1. The van der Waals surface area contributed by atoms with E-state index < -0.39 is 11.9 Å². The van der Waals surface area contributed by atoms with Crippen molar-refractivity contribution in [2.24, 2.45) is 22.7 Å². The Bertz CT molecular complexity index is 1010. The Morgan fingerprint density at radius 2 is 1.93 bits per heavy atom. The molecule has 6 nitrogen and oxygen atoms in total. The van der Waals surface area contributed by atoms with Gasteiger partial charge in [-0.1, -0.05) is 36.2 Å². The molecular weight excluding hydrogens is 424 g/mol. The van der Waals surface area contributed by atoms with Crippen LogP contribution >= 0.6 is 22.9 Å². The number of carbonyl (C=O) groups excluding carboxylic acids is 3. The molecule has 2 saturated carbocycles. The average molecular weight is 447 g/mol. The number of ether oxygens (including phenoxy) is 1. The van der Waals surface area contributed by atoms with Crippen molar-refractivity contribution in [3.05, 3.63) is 51.2 Å². The lowest BCUT2D eigenvalue weighted by molar-refractivity contribution is -0.156. The number of nitrogens with zero attached hydrogens (tertiary/aromatic N) is 2. The normalized spacial score (nSPS) is 24.0. The van der Waals surface area contributed by atoms with Gasteiger partial charge < -0.3 is 9.30 Å². The number of fused-ring (bicyclic) bond motifs is 2. The second kappa shape index (κ2) is 9.27. The number of aromatic nitrogens is 1. The number of carbonyl (C=O) groups is 3. The van der Waals surface area contributed by atoms with Gasteiger partial charge >= 0.3 is 5.97 Å². The van der Waals surface area contributed by atoms with E-state index in [-0.39, 0.29) is 24.4 Å². The second-order valence-electron chi connectivity index (χ2n) is 7.91. The lowest BCUT2D eigenvalue weighted by Crippen LogP contribution is -2.39. The van der Waals surface area contributed by atoms with E-state index in [2.05, 4.69) is 4.99 Å². The Balaban J connectivity index is 1.36. The second-order valence-corrected chi connectivity index (χ2v) is 9.19. The quantitative estimate of drug-likeness (QED) is 0.657. The van der Waals surface area contributed by atoms with Gasteiger partial charge in [0.25, 0.3) is 5.91 Å². The Morgan fingerprint density at radius 1 is 1.20 bits per heavy atom. The van der Waals surface area contributed by atoms with Crippen molar-refractivity contribution >= 4 is 40.6 Å². The zero-order valence-electron chi connectivity index (χ0n) is 16.5. The minimum atomic E-state index is -0.509. The molecule has 4 rings (SSSR count). The largest absolute Gasteiger partial charge is 0.455 e. The van der Waals surface area contributed by atoms with Crippen LogP contribution in [0, 0.1) is 17.8 Å². The van der Waals surface area contributed by atoms with E-state index in [1.54, 1.807) is 0 Å². The van der Waals surface area contributed by atoms with E-state index in [9.17, 15) is 14.4 Å². The Kier molecular flexibility index (Phi) is 6.49. The first-order chi connectivity index (χ1) is 14.5. The highest BCUT2D eigenvalue weighted by Crippen LogP contribution is 2.40. The molecule has 1 heterocycles. The number of ketones is 1. The van der Waals surface area contributed by atoms with Crippen LogP contribution < -0.4 is 4.80 Å². The van der Waals surface area contributed by atoms with Crippen molar-refractivity contribution in [3.63, 3.8) is 0 Å². The molecule has 2 aliphatic rings. The van der Waals surface area contributed by atoms with Gasteiger partial charge in [-0.05, 0) is 37.3 Å².